The average molecular weight is 258 g/mol. The second-order valence-electron chi connectivity index (χ2n) is 4.75. The topological polar surface area (TPSA) is 87.7 Å². The van der Waals surface area contributed by atoms with Crippen LogP contribution in [-0.2, 0) is 9.53 Å². The van der Waals surface area contributed by atoms with Crippen LogP contribution in [0, 0.1) is 5.92 Å². The summed E-state index contributed by atoms with van der Waals surface area (Å²) in [7, 11) is 1.40. The molecule has 0 heterocycles. The van der Waals surface area contributed by atoms with Gasteiger partial charge in [-0.05, 0) is 18.8 Å². The van der Waals surface area contributed by atoms with E-state index < -0.39 is 18.0 Å². The second kappa shape index (κ2) is 7.20. The third kappa shape index (κ3) is 5.35. The summed E-state index contributed by atoms with van der Waals surface area (Å²) >= 11 is 0. The zero-order chi connectivity index (χ0) is 13.5. The molecule has 1 aliphatic rings. The number of methoxy groups -OCH3 is 1. The van der Waals surface area contributed by atoms with Crippen LogP contribution in [0.3, 0.4) is 0 Å². The van der Waals surface area contributed by atoms with Crippen molar-refractivity contribution in [2.24, 2.45) is 5.92 Å². The van der Waals surface area contributed by atoms with E-state index in [9.17, 15) is 9.59 Å². The van der Waals surface area contributed by atoms with Crippen molar-refractivity contribution in [3.8, 4) is 0 Å². The molecule has 1 saturated carbocycles. The summed E-state index contributed by atoms with van der Waals surface area (Å²) < 4.78 is 4.75. The number of urea groups is 1. The van der Waals surface area contributed by atoms with Crippen LogP contribution < -0.4 is 10.6 Å². The Balaban J connectivity index is 2.34. The van der Waals surface area contributed by atoms with Gasteiger partial charge in [0.25, 0.3) is 0 Å². The molecule has 0 radical (unpaired) electrons. The summed E-state index contributed by atoms with van der Waals surface area (Å²) in [6.07, 6.45) is 4.31. The van der Waals surface area contributed by atoms with Crippen LogP contribution in [-0.4, -0.2) is 42.9 Å². The number of nitrogens with one attached hydrogen (secondary N) is 2. The fraction of sp³-hybridized carbons (Fsp3) is 0.833. The number of aliphatic carboxylic acids is 1. The minimum absolute atomic E-state index is 0.0395. The fourth-order valence-electron chi connectivity index (χ4n) is 1.81. The van der Waals surface area contributed by atoms with Crippen molar-refractivity contribution in [3.05, 3.63) is 0 Å². The number of carbonyl (C=O) groups excluding carboxylic acids is 1. The van der Waals surface area contributed by atoms with Crippen molar-refractivity contribution in [2.45, 2.75) is 44.7 Å². The summed E-state index contributed by atoms with van der Waals surface area (Å²) in [6, 6.07) is -1.32. The number of carbonyl (C=O) groups is 2. The molecular formula is C12H22N2O4. The molecule has 6 heteroatoms. The predicted octanol–water partition coefficient (Wildman–Crippen LogP) is 0.964. The van der Waals surface area contributed by atoms with Gasteiger partial charge in [0.2, 0.25) is 0 Å². The van der Waals surface area contributed by atoms with E-state index in [2.05, 4.69) is 10.6 Å². The van der Waals surface area contributed by atoms with E-state index >= 15 is 0 Å². The molecule has 0 aromatic carbocycles. The number of ether oxygens (including phenoxy) is 1. The van der Waals surface area contributed by atoms with Gasteiger partial charge in [0.05, 0.1) is 6.61 Å². The first-order valence-corrected chi connectivity index (χ1v) is 6.35. The largest absolute Gasteiger partial charge is 0.480 e. The van der Waals surface area contributed by atoms with Crippen molar-refractivity contribution < 1.29 is 19.4 Å². The van der Waals surface area contributed by atoms with Gasteiger partial charge in [-0.2, -0.15) is 0 Å². The van der Waals surface area contributed by atoms with E-state index in [1.807, 2.05) is 6.92 Å². The molecule has 3 N–H and O–H groups in total. The molecule has 2 unspecified atom stereocenters. The molecule has 2 atom stereocenters. The molecular weight excluding hydrogens is 236 g/mol. The fourth-order valence-corrected chi connectivity index (χ4v) is 1.81. The SMILES string of the molecule is CCC(CC1CC1)NC(=O)NC(COC)C(=O)O. The van der Waals surface area contributed by atoms with Gasteiger partial charge in [0, 0.05) is 13.2 Å². The Morgan fingerprint density at radius 1 is 1.39 bits per heavy atom. The Morgan fingerprint density at radius 2 is 2.06 bits per heavy atom. The van der Waals surface area contributed by atoms with E-state index in [1.165, 1.54) is 20.0 Å². The van der Waals surface area contributed by atoms with Crippen LogP contribution >= 0.6 is 0 Å². The highest BCUT2D eigenvalue weighted by Gasteiger charge is 2.26. The number of carboxylic acid groups (broad SMARTS) is 1. The maximum Gasteiger partial charge on any atom is 0.328 e. The molecule has 0 aromatic rings. The summed E-state index contributed by atoms with van der Waals surface area (Å²) in [5, 5.41) is 14.1. The van der Waals surface area contributed by atoms with Crippen LogP contribution in [0.5, 0.6) is 0 Å². The van der Waals surface area contributed by atoms with Crippen LogP contribution in [0.4, 0.5) is 4.79 Å². The molecule has 0 aliphatic heterocycles. The van der Waals surface area contributed by atoms with Crippen LogP contribution in [0.25, 0.3) is 0 Å². The number of hydrogen-bond donors (Lipinski definition) is 3. The minimum Gasteiger partial charge on any atom is -0.480 e. The molecule has 1 fully saturated rings. The number of rotatable bonds is 8. The molecule has 2 amide bonds. The van der Waals surface area contributed by atoms with Gasteiger partial charge in [0.15, 0.2) is 6.04 Å². The van der Waals surface area contributed by atoms with Crippen molar-refractivity contribution >= 4 is 12.0 Å². The lowest BCUT2D eigenvalue weighted by atomic mass is 10.1. The third-order valence-corrected chi connectivity index (χ3v) is 3.08. The van der Waals surface area contributed by atoms with Gasteiger partial charge >= 0.3 is 12.0 Å². The Hall–Kier alpha value is -1.30. The molecule has 1 rings (SSSR count). The van der Waals surface area contributed by atoms with E-state index in [1.54, 1.807) is 0 Å². The number of carboxylic acids is 1. The van der Waals surface area contributed by atoms with Crippen LogP contribution in [0.2, 0.25) is 0 Å². The zero-order valence-electron chi connectivity index (χ0n) is 10.9. The maximum atomic E-state index is 11.7. The van der Waals surface area contributed by atoms with Crippen molar-refractivity contribution in [1.29, 1.82) is 0 Å². The van der Waals surface area contributed by atoms with Crippen LogP contribution in [0.15, 0.2) is 0 Å². The van der Waals surface area contributed by atoms with Gasteiger partial charge in [-0.15, -0.1) is 0 Å². The monoisotopic (exact) mass is 258 g/mol. The van der Waals surface area contributed by atoms with E-state index in [0.717, 1.165) is 18.8 Å². The highest BCUT2D eigenvalue weighted by atomic mass is 16.5. The molecule has 6 nitrogen and oxygen atoms in total. The van der Waals surface area contributed by atoms with E-state index in [0.29, 0.717) is 0 Å². The standard InChI is InChI=1S/C12H22N2O4/c1-3-9(6-8-4-5-8)13-12(17)14-10(7-18-2)11(15)16/h8-10H,3-7H2,1-2H3,(H,15,16)(H2,13,14,17). The Morgan fingerprint density at radius 3 is 2.50 bits per heavy atom. The summed E-state index contributed by atoms with van der Waals surface area (Å²) in [6.45, 7) is 1.97. The molecule has 0 aromatic heterocycles. The maximum absolute atomic E-state index is 11.7. The van der Waals surface area contributed by atoms with Crippen LogP contribution in [0.1, 0.15) is 32.6 Å². The smallest absolute Gasteiger partial charge is 0.328 e. The van der Waals surface area contributed by atoms with Gasteiger partial charge < -0.3 is 20.5 Å². The number of amides is 2. The van der Waals surface area contributed by atoms with Crippen molar-refractivity contribution in [3.63, 3.8) is 0 Å². The first-order chi connectivity index (χ1) is 8.56. The van der Waals surface area contributed by atoms with Gasteiger partial charge in [0.1, 0.15) is 0 Å². The summed E-state index contributed by atoms with van der Waals surface area (Å²) in [5.74, 6) is -0.369. The molecule has 1 aliphatic carbocycles. The summed E-state index contributed by atoms with van der Waals surface area (Å²) in [5.41, 5.74) is 0. The Bertz CT molecular complexity index is 292. The van der Waals surface area contributed by atoms with Gasteiger partial charge in [-0.3, -0.25) is 0 Å². The van der Waals surface area contributed by atoms with Gasteiger partial charge in [-0.1, -0.05) is 19.8 Å². The average Bonchev–Trinajstić information content (AvgIpc) is 3.11. The summed E-state index contributed by atoms with van der Waals surface area (Å²) in [4.78, 5) is 22.5. The second-order valence-corrected chi connectivity index (χ2v) is 4.75. The third-order valence-electron chi connectivity index (χ3n) is 3.08. The lowest BCUT2D eigenvalue weighted by Crippen LogP contribution is -2.50. The minimum atomic E-state index is -1.10. The first kappa shape index (κ1) is 14.8. The first-order valence-electron chi connectivity index (χ1n) is 6.35. The number of hydrogen-bond acceptors (Lipinski definition) is 3. The lowest BCUT2D eigenvalue weighted by Gasteiger charge is -2.19. The highest BCUT2D eigenvalue weighted by Crippen LogP contribution is 2.33. The quantitative estimate of drug-likeness (QED) is 0.605. The highest BCUT2D eigenvalue weighted by molar-refractivity contribution is 5.82. The normalized spacial score (nSPS) is 17.9. The lowest BCUT2D eigenvalue weighted by molar-refractivity contribution is -0.140. The molecule has 18 heavy (non-hydrogen) atoms. The van der Waals surface area contributed by atoms with E-state index in [4.69, 9.17) is 9.84 Å². The Kier molecular flexibility index (Phi) is 5.91. The molecule has 104 valence electrons. The Labute approximate surface area is 107 Å². The molecule has 0 saturated heterocycles. The van der Waals surface area contributed by atoms with Crippen molar-refractivity contribution in [2.75, 3.05) is 13.7 Å². The van der Waals surface area contributed by atoms with E-state index in [-0.39, 0.29) is 12.6 Å². The molecule has 0 spiro atoms. The molecule has 0 bridgehead atoms. The zero-order valence-corrected chi connectivity index (χ0v) is 10.9. The van der Waals surface area contributed by atoms with Gasteiger partial charge in [-0.25, -0.2) is 9.59 Å². The van der Waals surface area contributed by atoms with Crippen molar-refractivity contribution in [1.82, 2.24) is 10.6 Å². The predicted molar refractivity (Wildman–Crippen MR) is 66.4 cm³/mol.